The van der Waals surface area contributed by atoms with Gasteiger partial charge in [-0.25, -0.2) is 13.1 Å². The van der Waals surface area contributed by atoms with E-state index in [1.54, 1.807) is 12.1 Å². The van der Waals surface area contributed by atoms with E-state index in [1.807, 2.05) is 0 Å². The Morgan fingerprint density at radius 2 is 1.68 bits per heavy atom. The van der Waals surface area contributed by atoms with Crippen LogP contribution in [0, 0.1) is 0 Å². The van der Waals surface area contributed by atoms with Gasteiger partial charge in [-0.05, 0) is 31.9 Å². The summed E-state index contributed by atoms with van der Waals surface area (Å²) in [7, 11) is -3.46. The lowest BCUT2D eigenvalue weighted by molar-refractivity contribution is 0.101. The quantitative estimate of drug-likeness (QED) is 0.862. The molecule has 0 saturated heterocycles. The molecule has 0 amide bonds. The fourth-order valence-electron chi connectivity index (χ4n) is 2.38. The van der Waals surface area contributed by atoms with Crippen molar-refractivity contribution in [1.29, 1.82) is 0 Å². The maximum atomic E-state index is 12.2. The maximum absolute atomic E-state index is 12.2. The molecule has 5 heteroatoms. The van der Waals surface area contributed by atoms with Gasteiger partial charge in [0.15, 0.2) is 5.78 Å². The van der Waals surface area contributed by atoms with E-state index in [0.717, 1.165) is 25.7 Å². The Kier molecular flexibility index (Phi) is 4.37. The second-order valence-corrected chi connectivity index (χ2v) is 6.75. The normalized spacial score (nSPS) is 17.3. The number of ketones is 1. The Morgan fingerprint density at radius 1 is 1.11 bits per heavy atom. The first-order valence-electron chi connectivity index (χ1n) is 6.62. The van der Waals surface area contributed by atoms with Crippen LogP contribution in [0.3, 0.4) is 0 Å². The monoisotopic (exact) mass is 281 g/mol. The number of sulfonamides is 1. The molecule has 1 aromatic rings. The van der Waals surface area contributed by atoms with Crippen LogP contribution in [0.25, 0.3) is 0 Å². The van der Waals surface area contributed by atoms with Crippen LogP contribution in [0.2, 0.25) is 0 Å². The van der Waals surface area contributed by atoms with Crippen LogP contribution >= 0.6 is 0 Å². The minimum atomic E-state index is -3.46. The summed E-state index contributed by atoms with van der Waals surface area (Å²) >= 11 is 0. The van der Waals surface area contributed by atoms with Crippen molar-refractivity contribution in [1.82, 2.24) is 4.72 Å². The molecule has 0 aliphatic heterocycles. The van der Waals surface area contributed by atoms with E-state index in [4.69, 9.17) is 0 Å². The first-order valence-corrected chi connectivity index (χ1v) is 8.11. The summed E-state index contributed by atoms with van der Waals surface area (Å²) in [5.41, 5.74) is 0.525. The lowest BCUT2D eigenvalue weighted by Crippen LogP contribution is -2.36. The van der Waals surface area contributed by atoms with Crippen molar-refractivity contribution in [3.8, 4) is 0 Å². The van der Waals surface area contributed by atoms with Crippen LogP contribution in [-0.2, 0) is 10.0 Å². The Bertz CT molecular complexity index is 543. The highest BCUT2D eigenvalue weighted by atomic mass is 32.2. The molecule has 1 saturated carbocycles. The van der Waals surface area contributed by atoms with E-state index in [1.165, 1.54) is 25.5 Å². The summed E-state index contributed by atoms with van der Waals surface area (Å²) in [5.74, 6) is -0.0656. The van der Waals surface area contributed by atoms with Gasteiger partial charge in [0.05, 0.1) is 4.90 Å². The molecule has 19 heavy (non-hydrogen) atoms. The largest absolute Gasteiger partial charge is 0.295 e. The molecule has 0 atom stereocenters. The van der Waals surface area contributed by atoms with Crippen molar-refractivity contribution in [3.63, 3.8) is 0 Å². The number of hydrogen-bond acceptors (Lipinski definition) is 3. The first kappa shape index (κ1) is 14.2. The topological polar surface area (TPSA) is 63.2 Å². The summed E-state index contributed by atoms with van der Waals surface area (Å²) in [6.07, 6.45) is 5.16. The Morgan fingerprint density at radius 3 is 2.21 bits per heavy atom. The summed E-state index contributed by atoms with van der Waals surface area (Å²) in [6, 6.07) is 6.13. The van der Waals surface area contributed by atoms with Gasteiger partial charge in [0, 0.05) is 11.6 Å². The van der Waals surface area contributed by atoms with E-state index < -0.39 is 10.0 Å². The number of nitrogens with one attached hydrogen (secondary N) is 1. The average Bonchev–Trinajstić information content (AvgIpc) is 2.39. The molecule has 1 aliphatic rings. The maximum Gasteiger partial charge on any atom is 0.240 e. The van der Waals surface area contributed by atoms with Crippen LogP contribution in [0.5, 0.6) is 0 Å². The van der Waals surface area contributed by atoms with Gasteiger partial charge in [-0.1, -0.05) is 31.4 Å². The molecule has 1 aliphatic carbocycles. The second-order valence-electron chi connectivity index (χ2n) is 5.04. The molecule has 0 heterocycles. The van der Waals surface area contributed by atoms with E-state index in [2.05, 4.69) is 4.72 Å². The van der Waals surface area contributed by atoms with Crippen LogP contribution in [0.4, 0.5) is 0 Å². The third-order valence-electron chi connectivity index (χ3n) is 3.50. The van der Waals surface area contributed by atoms with Crippen LogP contribution in [0.1, 0.15) is 49.4 Å². The minimum Gasteiger partial charge on any atom is -0.295 e. The molecule has 4 nitrogen and oxygen atoms in total. The standard InChI is InChI=1S/C14H19NO3S/c1-11(16)12-7-9-14(10-8-12)19(17,18)15-13-5-3-2-4-6-13/h7-10,13,15H,2-6H2,1H3. The Labute approximate surface area is 114 Å². The predicted octanol–water partition coefficient (Wildman–Crippen LogP) is 2.50. The van der Waals surface area contributed by atoms with Gasteiger partial charge in [0.25, 0.3) is 0 Å². The Hall–Kier alpha value is -1.20. The molecule has 0 bridgehead atoms. The number of hydrogen-bond donors (Lipinski definition) is 1. The van der Waals surface area contributed by atoms with Crippen molar-refractivity contribution < 1.29 is 13.2 Å². The molecule has 1 fully saturated rings. The average molecular weight is 281 g/mol. The molecule has 0 aromatic heterocycles. The van der Waals surface area contributed by atoms with Crippen molar-refractivity contribution in [3.05, 3.63) is 29.8 Å². The number of rotatable bonds is 4. The number of carbonyl (C=O) groups is 1. The predicted molar refractivity (Wildman–Crippen MR) is 73.6 cm³/mol. The number of benzene rings is 1. The van der Waals surface area contributed by atoms with Crippen LogP contribution < -0.4 is 4.72 Å². The summed E-state index contributed by atoms with van der Waals surface area (Å²) in [4.78, 5) is 11.4. The van der Waals surface area contributed by atoms with Gasteiger partial charge in [-0.3, -0.25) is 4.79 Å². The van der Waals surface area contributed by atoms with E-state index in [-0.39, 0.29) is 16.7 Å². The van der Waals surface area contributed by atoms with E-state index >= 15 is 0 Å². The van der Waals surface area contributed by atoms with E-state index in [0.29, 0.717) is 5.56 Å². The zero-order chi connectivity index (χ0) is 13.9. The highest BCUT2D eigenvalue weighted by Gasteiger charge is 2.21. The van der Waals surface area contributed by atoms with Crippen molar-refractivity contribution in [2.75, 3.05) is 0 Å². The SMILES string of the molecule is CC(=O)c1ccc(S(=O)(=O)NC2CCCCC2)cc1. The van der Waals surface area contributed by atoms with Gasteiger partial charge in [-0.2, -0.15) is 0 Å². The lowest BCUT2D eigenvalue weighted by Gasteiger charge is -2.22. The van der Waals surface area contributed by atoms with Gasteiger partial charge in [-0.15, -0.1) is 0 Å². The van der Waals surface area contributed by atoms with Crippen molar-refractivity contribution >= 4 is 15.8 Å². The van der Waals surface area contributed by atoms with E-state index in [9.17, 15) is 13.2 Å². The molecular formula is C14H19NO3S. The van der Waals surface area contributed by atoms with Gasteiger partial charge < -0.3 is 0 Å². The van der Waals surface area contributed by atoms with Crippen molar-refractivity contribution in [2.24, 2.45) is 0 Å². The first-order chi connectivity index (χ1) is 8.99. The smallest absolute Gasteiger partial charge is 0.240 e. The molecule has 0 unspecified atom stereocenters. The van der Waals surface area contributed by atoms with Gasteiger partial charge >= 0.3 is 0 Å². The van der Waals surface area contributed by atoms with Crippen LogP contribution in [0.15, 0.2) is 29.2 Å². The molecule has 0 spiro atoms. The molecule has 2 rings (SSSR count). The number of Topliss-reactive ketones (excluding diaryl/α,β-unsaturated/α-hetero) is 1. The fraction of sp³-hybridized carbons (Fsp3) is 0.500. The lowest BCUT2D eigenvalue weighted by atomic mass is 9.96. The zero-order valence-electron chi connectivity index (χ0n) is 11.1. The zero-order valence-corrected chi connectivity index (χ0v) is 11.9. The minimum absolute atomic E-state index is 0.0474. The molecule has 104 valence electrons. The van der Waals surface area contributed by atoms with Crippen molar-refractivity contribution in [2.45, 2.75) is 50.0 Å². The molecule has 0 radical (unpaired) electrons. The number of carbonyl (C=O) groups excluding carboxylic acids is 1. The highest BCUT2D eigenvalue weighted by Crippen LogP contribution is 2.20. The fourth-order valence-corrected chi connectivity index (χ4v) is 3.68. The third kappa shape index (κ3) is 3.64. The van der Waals surface area contributed by atoms with Crippen LogP contribution in [-0.4, -0.2) is 20.2 Å². The molecule has 1 aromatic carbocycles. The Balaban J connectivity index is 2.12. The van der Waals surface area contributed by atoms with Gasteiger partial charge in [0.1, 0.15) is 0 Å². The summed E-state index contributed by atoms with van der Waals surface area (Å²) < 4.78 is 27.1. The highest BCUT2D eigenvalue weighted by molar-refractivity contribution is 7.89. The molecule has 1 N–H and O–H groups in total. The van der Waals surface area contributed by atoms with Gasteiger partial charge in [0.2, 0.25) is 10.0 Å². The third-order valence-corrected chi connectivity index (χ3v) is 5.03. The second kappa shape index (κ2) is 5.84. The molecular weight excluding hydrogens is 262 g/mol. The summed E-state index contributed by atoms with van der Waals surface area (Å²) in [5, 5.41) is 0. The summed E-state index contributed by atoms with van der Waals surface area (Å²) in [6.45, 7) is 1.46.